The number of benzene rings is 2. The monoisotopic (exact) mass is 253 g/mol. The van der Waals surface area contributed by atoms with E-state index in [1.807, 2.05) is 18.2 Å². The molecule has 3 rings (SSSR count). The van der Waals surface area contributed by atoms with E-state index in [2.05, 4.69) is 24.3 Å². The van der Waals surface area contributed by atoms with E-state index in [4.69, 9.17) is 10.5 Å². The van der Waals surface area contributed by atoms with Crippen molar-refractivity contribution in [2.45, 2.75) is 25.3 Å². The van der Waals surface area contributed by atoms with E-state index in [0.29, 0.717) is 0 Å². The third-order valence-electron chi connectivity index (χ3n) is 3.93. The molecule has 0 saturated carbocycles. The summed E-state index contributed by atoms with van der Waals surface area (Å²) in [6, 6.07) is 14.6. The number of ether oxygens (including phenoxy) is 1. The highest BCUT2D eigenvalue weighted by Gasteiger charge is 2.15. The zero-order valence-corrected chi connectivity index (χ0v) is 11.2. The molecule has 2 aromatic carbocycles. The predicted octanol–water partition coefficient (Wildman–Crippen LogP) is 3.23. The summed E-state index contributed by atoms with van der Waals surface area (Å²) in [7, 11) is 1.68. The van der Waals surface area contributed by atoms with Gasteiger partial charge in [0, 0.05) is 0 Å². The summed E-state index contributed by atoms with van der Waals surface area (Å²) in [5.41, 5.74) is 11.6. The third kappa shape index (κ3) is 2.36. The Morgan fingerprint density at radius 3 is 2.63 bits per heavy atom. The lowest BCUT2D eigenvalue weighted by molar-refractivity contribution is 0.414. The summed E-state index contributed by atoms with van der Waals surface area (Å²) in [5.74, 6) is 0.856. The highest BCUT2D eigenvalue weighted by Crippen LogP contribution is 2.28. The van der Waals surface area contributed by atoms with Crippen LogP contribution in [0.3, 0.4) is 0 Å². The van der Waals surface area contributed by atoms with Crippen molar-refractivity contribution in [1.82, 2.24) is 0 Å². The highest BCUT2D eigenvalue weighted by molar-refractivity contribution is 5.41. The fraction of sp³-hybridized carbons (Fsp3) is 0.294. The van der Waals surface area contributed by atoms with E-state index >= 15 is 0 Å². The fourth-order valence-electron chi connectivity index (χ4n) is 2.81. The standard InChI is InChI=1S/C17H19NO/c1-19-16-7-3-6-14(11-16)17(18)15-9-8-12-4-2-5-13(12)10-15/h3,6-11,17H,2,4-5,18H2,1H3. The van der Waals surface area contributed by atoms with Crippen LogP contribution in [-0.2, 0) is 12.8 Å². The summed E-state index contributed by atoms with van der Waals surface area (Å²) in [6.45, 7) is 0. The molecule has 1 aliphatic carbocycles. The van der Waals surface area contributed by atoms with Crippen molar-refractivity contribution in [2.75, 3.05) is 7.11 Å². The van der Waals surface area contributed by atoms with Gasteiger partial charge in [0.1, 0.15) is 5.75 Å². The van der Waals surface area contributed by atoms with Gasteiger partial charge in [0.25, 0.3) is 0 Å². The molecule has 2 N–H and O–H groups in total. The van der Waals surface area contributed by atoms with Crippen molar-refractivity contribution < 1.29 is 4.74 Å². The molecule has 0 heterocycles. The van der Waals surface area contributed by atoms with E-state index in [9.17, 15) is 0 Å². The second kappa shape index (κ2) is 5.06. The Hall–Kier alpha value is -1.80. The molecule has 98 valence electrons. The second-order valence-electron chi connectivity index (χ2n) is 5.14. The van der Waals surface area contributed by atoms with Gasteiger partial charge in [0.05, 0.1) is 13.2 Å². The zero-order chi connectivity index (χ0) is 13.2. The van der Waals surface area contributed by atoms with E-state index in [1.165, 1.54) is 36.0 Å². The van der Waals surface area contributed by atoms with E-state index in [1.54, 1.807) is 7.11 Å². The van der Waals surface area contributed by atoms with Crippen molar-refractivity contribution in [3.05, 3.63) is 64.7 Å². The van der Waals surface area contributed by atoms with Crippen LogP contribution < -0.4 is 10.5 Å². The van der Waals surface area contributed by atoms with E-state index < -0.39 is 0 Å². The molecule has 2 heteroatoms. The van der Waals surface area contributed by atoms with Crippen LogP contribution in [0.4, 0.5) is 0 Å². The van der Waals surface area contributed by atoms with Gasteiger partial charge in [-0.15, -0.1) is 0 Å². The summed E-state index contributed by atoms with van der Waals surface area (Å²) in [6.07, 6.45) is 3.67. The lowest BCUT2D eigenvalue weighted by Crippen LogP contribution is -2.12. The molecule has 0 aromatic heterocycles. The van der Waals surface area contributed by atoms with Gasteiger partial charge in [-0.3, -0.25) is 0 Å². The highest BCUT2D eigenvalue weighted by atomic mass is 16.5. The van der Waals surface area contributed by atoms with Crippen molar-refractivity contribution in [3.63, 3.8) is 0 Å². The van der Waals surface area contributed by atoms with Crippen molar-refractivity contribution in [3.8, 4) is 5.75 Å². The van der Waals surface area contributed by atoms with Gasteiger partial charge < -0.3 is 10.5 Å². The first kappa shape index (κ1) is 12.2. The summed E-state index contributed by atoms with van der Waals surface area (Å²) in [5, 5.41) is 0. The summed E-state index contributed by atoms with van der Waals surface area (Å²) >= 11 is 0. The average Bonchev–Trinajstić information content (AvgIpc) is 2.94. The summed E-state index contributed by atoms with van der Waals surface area (Å²) in [4.78, 5) is 0. The molecule has 2 aromatic rings. The Morgan fingerprint density at radius 2 is 1.79 bits per heavy atom. The van der Waals surface area contributed by atoms with Crippen LogP contribution in [0.5, 0.6) is 5.75 Å². The van der Waals surface area contributed by atoms with Gasteiger partial charge in [-0.25, -0.2) is 0 Å². The minimum atomic E-state index is -0.0824. The Labute approximate surface area is 114 Å². The van der Waals surface area contributed by atoms with Crippen LogP contribution in [0, 0.1) is 0 Å². The smallest absolute Gasteiger partial charge is 0.119 e. The zero-order valence-electron chi connectivity index (χ0n) is 11.2. The van der Waals surface area contributed by atoms with Crippen LogP contribution in [-0.4, -0.2) is 7.11 Å². The number of fused-ring (bicyclic) bond motifs is 1. The van der Waals surface area contributed by atoms with E-state index in [-0.39, 0.29) is 6.04 Å². The van der Waals surface area contributed by atoms with Gasteiger partial charge >= 0.3 is 0 Å². The number of hydrogen-bond acceptors (Lipinski definition) is 2. The lowest BCUT2D eigenvalue weighted by Gasteiger charge is -2.15. The molecule has 0 fully saturated rings. The maximum atomic E-state index is 6.38. The molecular formula is C17H19NO. The molecule has 0 aliphatic heterocycles. The maximum Gasteiger partial charge on any atom is 0.119 e. The Morgan fingerprint density at radius 1 is 1.00 bits per heavy atom. The van der Waals surface area contributed by atoms with Crippen LogP contribution >= 0.6 is 0 Å². The van der Waals surface area contributed by atoms with Crippen molar-refractivity contribution in [2.24, 2.45) is 5.73 Å². The Balaban J connectivity index is 1.92. The van der Waals surface area contributed by atoms with Gasteiger partial charge in [0.15, 0.2) is 0 Å². The van der Waals surface area contributed by atoms with Gasteiger partial charge in [-0.1, -0.05) is 30.3 Å². The molecule has 2 nitrogen and oxygen atoms in total. The first-order chi connectivity index (χ1) is 9.28. The molecule has 1 unspecified atom stereocenters. The molecule has 0 radical (unpaired) electrons. The average molecular weight is 253 g/mol. The Bertz CT molecular complexity index is 592. The molecular weight excluding hydrogens is 234 g/mol. The molecule has 19 heavy (non-hydrogen) atoms. The molecule has 0 amide bonds. The SMILES string of the molecule is COc1cccc(C(N)c2ccc3c(c2)CCC3)c1. The molecule has 1 aliphatic rings. The second-order valence-corrected chi connectivity index (χ2v) is 5.14. The topological polar surface area (TPSA) is 35.2 Å². The molecule has 0 spiro atoms. The van der Waals surface area contributed by atoms with Crippen molar-refractivity contribution in [1.29, 1.82) is 0 Å². The van der Waals surface area contributed by atoms with Crippen LogP contribution in [0.2, 0.25) is 0 Å². The Kier molecular flexibility index (Phi) is 3.26. The minimum absolute atomic E-state index is 0.0824. The van der Waals surface area contributed by atoms with Crippen molar-refractivity contribution >= 4 is 0 Å². The molecule has 1 atom stereocenters. The lowest BCUT2D eigenvalue weighted by atomic mass is 9.96. The summed E-state index contributed by atoms with van der Waals surface area (Å²) < 4.78 is 5.26. The van der Waals surface area contributed by atoms with Crippen LogP contribution in [0.15, 0.2) is 42.5 Å². The van der Waals surface area contributed by atoms with Gasteiger partial charge in [-0.05, 0) is 53.6 Å². The first-order valence-electron chi connectivity index (χ1n) is 6.79. The van der Waals surface area contributed by atoms with E-state index in [0.717, 1.165) is 11.3 Å². The predicted molar refractivity (Wildman–Crippen MR) is 77.5 cm³/mol. The number of aryl methyl sites for hydroxylation is 2. The van der Waals surface area contributed by atoms with Crippen LogP contribution in [0.25, 0.3) is 0 Å². The van der Waals surface area contributed by atoms with Gasteiger partial charge in [-0.2, -0.15) is 0 Å². The number of methoxy groups -OCH3 is 1. The number of rotatable bonds is 3. The molecule has 0 saturated heterocycles. The normalized spacial score (nSPS) is 15.1. The van der Waals surface area contributed by atoms with Gasteiger partial charge in [0.2, 0.25) is 0 Å². The number of hydrogen-bond donors (Lipinski definition) is 1. The third-order valence-corrected chi connectivity index (χ3v) is 3.93. The molecule has 0 bridgehead atoms. The first-order valence-corrected chi connectivity index (χ1v) is 6.79. The quantitative estimate of drug-likeness (QED) is 0.911. The maximum absolute atomic E-state index is 6.38. The number of nitrogens with two attached hydrogens (primary N) is 1. The largest absolute Gasteiger partial charge is 0.497 e. The van der Waals surface area contributed by atoms with Crippen LogP contribution in [0.1, 0.15) is 34.7 Å². The minimum Gasteiger partial charge on any atom is -0.497 e. The fourth-order valence-corrected chi connectivity index (χ4v) is 2.81.